The Morgan fingerprint density at radius 3 is 2.06 bits per heavy atom. The molecule has 0 fully saturated rings. The van der Waals surface area contributed by atoms with Gasteiger partial charge >= 0.3 is 0 Å². The van der Waals surface area contributed by atoms with Crippen LogP contribution < -0.4 is 5.32 Å². The summed E-state index contributed by atoms with van der Waals surface area (Å²) in [6.07, 6.45) is 0. The molecule has 1 aromatic rings. The molecule has 88 valence electrons. The molecule has 3 nitrogen and oxygen atoms in total. The van der Waals surface area contributed by atoms with Gasteiger partial charge in [0.15, 0.2) is 5.78 Å². The molecule has 0 aromatic heterocycles. The van der Waals surface area contributed by atoms with Gasteiger partial charge < -0.3 is 5.32 Å². The van der Waals surface area contributed by atoms with E-state index in [1.165, 1.54) is 6.92 Å². The second kappa shape index (κ2) is 7.63. The molecule has 1 aromatic carbocycles. The number of benzene rings is 1. The molecular formula is C13H19NO2. The fourth-order valence-corrected chi connectivity index (χ4v) is 1.22. The van der Waals surface area contributed by atoms with Crippen molar-refractivity contribution in [3.05, 3.63) is 35.9 Å². The predicted octanol–water partition coefficient (Wildman–Crippen LogP) is 2.42. The van der Waals surface area contributed by atoms with Gasteiger partial charge in [-0.3, -0.25) is 9.59 Å². The van der Waals surface area contributed by atoms with Gasteiger partial charge in [0.2, 0.25) is 5.91 Å². The van der Waals surface area contributed by atoms with Crippen molar-refractivity contribution < 1.29 is 9.59 Å². The van der Waals surface area contributed by atoms with E-state index in [0.717, 1.165) is 0 Å². The molecule has 1 unspecified atom stereocenters. The first kappa shape index (κ1) is 14.4. The van der Waals surface area contributed by atoms with Crippen LogP contribution in [-0.2, 0) is 4.79 Å². The zero-order chi connectivity index (χ0) is 12.6. The first-order valence-corrected chi connectivity index (χ1v) is 5.47. The van der Waals surface area contributed by atoms with Gasteiger partial charge in [-0.05, 0) is 6.92 Å². The Labute approximate surface area is 96.9 Å². The molecule has 0 radical (unpaired) electrons. The van der Waals surface area contributed by atoms with Crippen LogP contribution in [0.1, 0.15) is 38.1 Å². The van der Waals surface area contributed by atoms with E-state index in [1.54, 1.807) is 31.2 Å². The van der Waals surface area contributed by atoms with Crippen LogP contribution in [0.15, 0.2) is 30.3 Å². The third-order valence-corrected chi connectivity index (χ3v) is 1.87. The minimum absolute atomic E-state index is 0.0687. The fourth-order valence-electron chi connectivity index (χ4n) is 1.22. The molecule has 0 aliphatic heterocycles. The van der Waals surface area contributed by atoms with Crippen LogP contribution in [0.2, 0.25) is 0 Å². The molecule has 16 heavy (non-hydrogen) atoms. The lowest BCUT2D eigenvalue weighted by Gasteiger charge is -2.10. The van der Waals surface area contributed by atoms with E-state index >= 15 is 0 Å². The molecule has 1 N–H and O–H groups in total. The van der Waals surface area contributed by atoms with Crippen LogP contribution in [0.3, 0.4) is 0 Å². The zero-order valence-corrected chi connectivity index (χ0v) is 10.3. The predicted molar refractivity (Wildman–Crippen MR) is 65.4 cm³/mol. The van der Waals surface area contributed by atoms with Gasteiger partial charge in [0.1, 0.15) is 0 Å². The topological polar surface area (TPSA) is 46.2 Å². The van der Waals surface area contributed by atoms with Crippen molar-refractivity contribution >= 4 is 11.7 Å². The monoisotopic (exact) mass is 221 g/mol. The van der Waals surface area contributed by atoms with Crippen LogP contribution in [0.5, 0.6) is 0 Å². The second-order valence-corrected chi connectivity index (χ2v) is 3.15. The highest BCUT2D eigenvalue weighted by Gasteiger charge is 2.14. The van der Waals surface area contributed by atoms with E-state index < -0.39 is 6.04 Å². The zero-order valence-electron chi connectivity index (χ0n) is 10.3. The lowest BCUT2D eigenvalue weighted by Crippen LogP contribution is -2.37. The van der Waals surface area contributed by atoms with Crippen molar-refractivity contribution in [3.8, 4) is 0 Å². The Kier molecular flexibility index (Phi) is 6.84. The van der Waals surface area contributed by atoms with Gasteiger partial charge in [-0.2, -0.15) is 0 Å². The van der Waals surface area contributed by atoms with Gasteiger partial charge in [0.25, 0.3) is 0 Å². The molecule has 0 spiro atoms. The smallest absolute Gasteiger partial charge is 0.217 e. The molecule has 3 heteroatoms. The molecule has 0 bridgehead atoms. The standard InChI is InChI=1S/C11H13NO2.C2H6/c1-8(12-9(2)13)11(14)10-6-4-3-5-7-10;1-2/h3-8H,1-2H3,(H,12,13);1-2H3. The number of amides is 1. The summed E-state index contributed by atoms with van der Waals surface area (Å²) in [7, 11) is 0. The second-order valence-electron chi connectivity index (χ2n) is 3.15. The van der Waals surface area contributed by atoms with E-state index in [9.17, 15) is 9.59 Å². The summed E-state index contributed by atoms with van der Waals surface area (Å²) in [5.41, 5.74) is 0.619. The average Bonchev–Trinajstić information content (AvgIpc) is 2.31. The summed E-state index contributed by atoms with van der Waals surface area (Å²) >= 11 is 0. The number of carbonyl (C=O) groups is 2. The van der Waals surface area contributed by atoms with Gasteiger partial charge in [0.05, 0.1) is 6.04 Å². The van der Waals surface area contributed by atoms with Gasteiger partial charge in [-0.1, -0.05) is 44.2 Å². The first-order chi connectivity index (χ1) is 7.61. The molecule has 1 atom stereocenters. The van der Waals surface area contributed by atoms with Crippen LogP contribution in [0.25, 0.3) is 0 Å². The molecule has 0 saturated heterocycles. The van der Waals surface area contributed by atoms with Crippen molar-refractivity contribution in [2.45, 2.75) is 33.7 Å². The van der Waals surface area contributed by atoms with E-state index in [2.05, 4.69) is 5.32 Å². The van der Waals surface area contributed by atoms with Gasteiger partial charge in [-0.25, -0.2) is 0 Å². The van der Waals surface area contributed by atoms with Crippen molar-refractivity contribution in [1.82, 2.24) is 5.32 Å². The summed E-state index contributed by atoms with van der Waals surface area (Å²) in [5, 5.41) is 2.55. The minimum atomic E-state index is -0.463. The Balaban J connectivity index is 0.00000106. The minimum Gasteiger partial charge on any atom is -0.346 e. The quantitative estimate of drug-likeness (QED) is 0.797. The molecule has 1 rings (SSSR count). The van der Waals surface area contributed by atoms with E-state index in [4.69, 9.17) is 0 Å². The number of ketones is 1. The highest BCUT2D eigenvalue weighted by Crippen LogP contribution is 2.02. The average molecular weight is 221 g/mol. The molecular weight excluding hydrogens is 202 g/mol. The third kappa shape index (κ3) is 4.73. The number of nitrogens with one attached hydrogen (secondary N) is 1. The fraction of sp³-hybridized carbons (Fsp3) is 0.385. The van der Waals surface area contributed by atoms with Crippen LogP contribution >= 0.6 is 0 Å². The maximum absolute atomic E-state index is 11.7. The maximum atomic E-state index is 11.7. The lowest BCUT2D eigenvalue weighted by atomic mass is 10.1. The molecule has 0 saturated carbocycles. The normalized spacial score (nSPS) is 10.8. The number of hydrogen-bond acceptors (Lipinski definition) is 2. The maximum Gasteiger partial charge on any atom is 0.217 e. The Morgan fingerprint density at radius 2 is 1.62 bits per heavy atom. The third-order valence-electron chi connectivity index (χ3n) is 1.87. The van der Waals surface area contributed by atoms with E-state index in [1.807, 2.05) is 19.9 Å². The first-order valence-electron chi connectivity index (χ1n) is 5.47. The molecule has 0 aliphatic carbocycles. The number of carbonyl (C=O) groups excluding carboxylic acids is 2. The van der Waals surface area contributed by atoms with E-state index in [-0.39, 0.29) is 11.7 Å². The number of hydrogen-bond donors (Lipinski definition) is 1. The highest BCUT2D eigenvalue weighted by molar-refractivity contribution is 6.01. The number of rotatable bonds is 3. The van der Waals surface area contributed by atoms with Crippen molar-refractivity contribution in [1.29, 1.82) is 0 Å². The van der Waals surface area contributed by atoms with Crippen molar-refractivity contribution in [3.63, 3.8) is 0 Å². The van der Waals surface area contributed by atoms with Crippen LogP contribution in [-0.4, -0.2) is 17.7 Å². The van der Waals surface area contributed by atoms with Crippen molar-refractivity contribution in [2.75, 3.05) is 0 Å². The molecule has 0 aliphatic rings. The van der Waals surface area contributed by atoms with E-state index in [0.29, 0.717) is 5.56 Å². The summed E-state index contributed by atoms with van der Waals surface area (Å²) in [6, 6.07) is 8.46. The van der Waals surface area contributed by atoms with Crippen LogP contribution in [0, 0.1) is 0 Å². The number of Topliss-reactive ketones (excluding diaryl/α,β-unsaturated/α-hetero) is 1. The SMILES string of the molecule is CC.CC(=O)NC(C)C(=O)c1ccccc1. The summed E-state index contributed by atoms with van der Waals surface area (Å²) < 4.78 is 0. The van der Waals surface area contributed by atoms with Crippen LogP contribution in [0.4, 0.5) is 0 Å². The molecule has 0 heterocycles. The summed E-state index contributed by atoms with van der Waals surface area (Å²) in [5.74, 6) is -0.261. The Hall–Kier alpha value is -1.64. The van der Waals surface area contributed by atoms with Gasteiger partial charge in [0, 0.05) is 12.5 Å². The Morgan fingerprint density at radius 1 is 1.12 bits per heavy atom. The molecule has 1 amide bonds. The lowest BCUT2D eigenvalue weighted by molar-refractivity contribution is -0.119. The van der Waals surface area contributed by atoms with Crippen molar-refractivity contribution in [2.24, 2.45) is 0 Å². The Bertz CT molecular complexity index is 333. The largest absolute Gasteiger partial charge is 0.346 e. The summed E-state index contributed by atoms with van der Waals surface area (Å²) in [4.78, 5) is 22.4. The highest BCUT2D eigenvalue weighted by atomic mass is 16.2. The van der Waals surface area contributed by atoms with Gasteiger partial charge in [-0.15, -0.1) is 0 Å². The summed E-state index contributed by atoms with van der Waals surface area (Å²) in [6.45, 7) is 7.07.